The van der Waals surface area contributed by atoms with Crippen molar-refractivity contribution in [2.45, 2.75) is 39.2 Å². The fourth-order valence-electron chi connectivity index (χ4n) is 2.67. The SMILES string of the molecule is CC(=O)[C@@H]1CN(C(C)(C)C)C[C@H]1c1ccc(F)cn1. The monoisotopic (exact) mass is 264 g/mol. The minimum atomic E-state index is -0.339. The molecule has 2 heterocycles. The number of likely N-dealkylation sites (tertiary alicyclic amines) is 1. The van der Waals surface area contributed by atoms with Crippen LogP contribution in [-0.2, 0) is 4.79 Å². The van der Waals surface area contributed by atoms with Crippen LogP contribution in [0.2, 0.25) is 0 Å². The van der Waals surface area contributed by atoms with Gasteiger partial charge in [-0.3, -0.25) is 14.7 Å². The first kappa shape index (κ1) is 14.1. The van der Waals surface area contributed by atoms with Crippen LogP contribution in [0.25, 0.3) is 0 Å². The summed E-state index contributed by atoms with van der Waals surface area (Å²) in [6.07, 6.45) is 1.23. The second kappa shape index (κ2) is 5.00. The summed E-state index contributed by atoms with van der Waals surface area (Å²) in [5.41, 5.74) is 0.844. The van der Waals surface area contributed by atoms with Gasteiger partial charge in [0.2, 0.25) is 0 Å². The molecule has 0 bridgehead atoms. The van der Waals surface area contributed by atoms with Gasteiger partial charge >= 0.3 is 0 Å². The van der Waals surface area contributed by atoms with Gasteiger partial charge in [0.1, 0.15) is 11.6 Å². The lowest BCUT2D eigenvalue weighted by atomic mass is 9.89. The molecule has 1 fully saturated rings. The van der Waals surface area contributed by atoms with Crippen LogP contribution >= 0.6 is 0 Å². The van der Waals surface area contributed by atoms with Crippen molar-refractivity contribution in [1.82, 2.24) is 9.88 Å². The lowest BCUT2D eigenvalue weighted by Gasteiger charge is -2.31. The average molecular weight is 264 g/mol. The number of hydrogen-bond acceptors (Lipinski definition) is 3. The normalized spacial score (nSPS) is 24.7. The number of pyridine rings is 1. The number of ketones is 1. The van der Waals surface area contributed by atoms with Gasteiger partial charge < -0.3 is 0 Å². The third kappa shape index (κ3) is 3.00. The molecule has 1 aromatic rings. The fraction of sp³-hybridized carbons (Fsp3) is 0.600. The van der Waals surface area contributed by atoms with E-state index in [4.69, 9.17) is 0 Å². The van der Waals surface area contributed by atoms with Gasteiger partial charge in [0.25, 0.3) is 0 Å². The number of nitrogens with zero attached hydrogens (tertiary/aromatic N) is 2. The highest BCUT2D eigenvalue weighted by Gasteiger charge is 2.41. The zero-order chi connectivity index (χ0) is 14.2. The zero-order valence-corrected chi connectivity index (χ0v) is 12.0. The lowest BCUT2D eigenvalue weighted by molar-refractivity contribution is -0.120. The van der Waals surface area contributed by atoms with Crippen LogP contribution in [-0.4, -0.2) is 34.3 Å². The highest BCUT2D eigenvalue weighted by molar-refractivity contribution is 5.80. The molecule has 4 heteroatoms. The van der Waals surface area contributed by atoms with Crippen molar-refractivity contribution < 1.29 is 9.18 Å². The molecule has 0 aromatic carbocycles. The van der Waals surface area contributed by atoms with Gasteiger partial charge in [0.05, 0.1) is 6.20 Å². The van der Waals surface area contributed by atoms with E-state index >= 15 is 0 Å². The fourth-order valence-corrected chi connectivity index (χ4v) is 2.67. The average Bonchev–Trinajstić information content (AvgIpc) is 2.74. The molecular formula is C15H21FN2O. The van der Waals surface area contributed by atoms with Gasteiger partial charge in [-0.2, -0.15) is 0 Å². The highest BCUT2D eigenvalue weighted by Crippen LogP contribution is 2.35. The molecule has 1 aromatic heterocycles. The smallest absolute Gasteiger partial charge is 0.141 e. The molecule has 0 amide bonds. The van der Waals surface area contributed by atoms with Crippen LogP contribution in [0.1, 0.15) is 39.3 Å². The number of carbonyl (C=O) groups excluding carboxylic acids is 1. The van der Waals surface area contributed by atoms with E-state index in [1.807, 2.05) is 0 Å². The predicted octanol–water partition coefficient (Wildman–Crippen LogP) is 2.62. The molecule has 1 aliphatic rings. The summed E-state index contributed by atoms with van der Waals surface area (Å²) in [7, 11) is 0. The van der Waals surface area contributed by atoms with Gasteiger partial charge in [-0.05, 0) is 39.8 Å². The molecule has 2 atom stereocenters. The molecule has 0 aliphatic carbocycles. The van der Waals surface area contributed by atoms with Gasteiger partial charge in [-0.15, -0.1) is 0 Å². The molecule has 2 rings (SSSR count). The number of rotatable bonds is 2. The standard InChI is InChI=1S/C15H21FN2O/c1-10(19)12-8-18(15(2,3)4)9-13(12)14-6-5-11(16)7-17-14/h5-7,12-13H,8-9H2,1-4H3/t12-,13+/m0/s1. The number of halogens is 1. The Balaban J connectivity index is 2.27. The summed E-state index contributed by atoms with van der Waals surface area (Å²) in [6.45, 7) is 9.61. The zero-order valence-electron chi connectivity index (χ0n) is 12.0. The van der Waals surface area contributed by atoms with E-state index in [9.17, 15) is 9.18 Å². The minimum absolute atomic E-state index is 0.0302. The molecule has 104 valence electrons. The summed E-state index contributed by atoms with van der Waals surface area (Å²) in [6, 6.07) is 3.11. The van der Waals surface area contributed by atoms with Crippen molar-refractivity contribution in [3.05, 3.63) is 29.8 Å². The topological polar surface area (TPSA) is 33.2 Å². The van der Waals surface area contributed by atoms with E-state index in [1.54, 1.807) is 13.0 Å². The van der Waals surface area contributed by atoms with Gasteiger partial charge in [-0.25, -0.2) is 4.39 Å². The van der Waals surface area contributed by atoms with Gasteiger partial charge in [-0.1, -0.05) is 0 Å². The van der Waals surface area contributed by atoms with Crippen LogP contribution in [0.5, 0.6) is 0 Å². The van der Waals surface area contributed by atoms with Crippen molar-refractivity contribution in [2.75, 3.05) is 13.1 Å². The molecule has 19 heavy (non-hydrogen) atoms. The molecule has 0 unspecified atom stereocenters. The van der Waals surface area contributed by atoms with Crippen molar-refractivity contribution in [3.8, 4) is 0 Å². The molecule has 3 nitrogen and oxygen atoms in total. The van der Waals surface area contributed by atoms with Crippen molar-refractivity contribution in [1.29, 1.82) is 0 Å². The van der Waals surface area contributed by atoms with Crippen LogP contribution < -0.4 is 0 Å². The summed E-state index contributed by atoms with van der Waals surface area (Å²) in [5, 5.41) is 0. The molecule has 0 spiro atoms. The largest absolute Gasteiger partial charge is 0.300 e. The maximum absolute atomic E-state index is 13.0. The van der Waals surface area contributed by atoms with Crippen molar-refractivity contribution in [3.63, 3.8) is 0 Å². The van der Waals surface area contributed by atoms with Crippen molar-refractivity contribution in [2.24, 2.45) is 5.92 Å². The molecule has 0 radical (unpaired) electrons. The molecule has 1 saturated heterocycles. The Morgan fingerprint density at radius 3 is 2.53 bits per heavy atom. The Morgan fingerprint density at radius 1 is 1.37 bits per heavy atom. The third-order valence-corrected chi connectivity index (χ3v) is 3.92. The van der Waals surface area contributed by atoms with Gasteiger partial charge in [0.15, 0.2) is 0 Å². The molecule has 1 aliphatic heterocycles. The molecule has 0 N–H and O–H groups in total. The van der Waals surface area contributed by atoms with Crippen LogP contribution in [0, 0.1) is 11.7 Å². The first-order chi connectivity index (χ1) is 8.79. The molecule has 0 saturated carbocycles. The van der Waals surface area contributed by atoms with Crippen LogP contribution in [0.3, 0.4) is 0 Å². The molecular weight excluding hydrogens is 243 g/mol. The predicted molar refractivity (Wildman–Crippen MR) is 72.4 cm³/mol. The van der Waals surface area contributed by atoms with Crippen LogP contribution in [0.4, 0.5) is 4.39 Å². The van der Waals surface area contributed by atoms with E-state index in [2.05, 4.69) is 30.7 Å². The Hall–Kier alpha value is -1.29. The number of hydrogen-bond donors (Lipinski definition) is 0. The lowest BCUT2D eigenvalue weighted by Crippen LogP contribution is -2.40. The third-order valence-electron chi connectivity index (χ3n) is 3.92. The van der Waals surface area contributed by atoms with Crippen LogP contribution in [0.15, 0.2) is 18.3 Å². The van der Waals surface area contributed by atoms with E-state index in [0.717, 1.165) is 18.8 Å². The highest BCUT2D eigenvalue weighted by atomic mass is 19.1. The second-order valence-corrected chi connectivity index (χ2v) is 6.30. The number of carbonyl (C=O) groups is 1. The maximum atomic E-state index is 13.0. The van der Waals surface area contributed by atoms with E-state index < -0.39 is 0 Å². The second-order valence-electron chi connectivity index (χ2n) is 6.30. The Labute approximate surface area is 113 Å². The minimum Gasteiger partial charge on any atom is -0.300 e. The number of Topliss-reactive ketones (excluding diaryl/α,β-unsaturated/α-hetero) is 1. The van der Waals surface area contributed by atoms with E-state index in [1.165, 1.54) is 12.3 Å². The Kier molecular flexibility index (Phi) is 3.72. The number of aromatic nitrogens is 1. The van der Waals surface area contributed by atoms with E-state index in [-0.39, 0.29) is 29.0 Å². The Bertz CT molecular complexity index is 464. The quantitative estimate of drug-likeness (QED) is 0.823. The summed E-state index contributed by atoms with van der Waals surface area (Å²) in [5.74, 6) is -0.133. The van der Waals surface area contributed by atoms with Gasteiger partial charge in [0, 0.05) is 36.2 Å². The first-order valence-corrected chi connectivity index (χ1v) is 6.66. The first-order valence-electron chi connectivity index (χ1n) is 6.66. The maximum Gasteiger partial charge on any atom is 0.141 e. The van der Waals surface area contributed by atoms with E-state index in [0.29, 0.717) is 0 Å². The summed E-state index contributed by atoms with van der Waals surface area (Å²) >= 11 is 0. The Morgan fingerprint density at radius 2 is 2.05 bits per heavy atom. The van der Waals surface area contributed by atoms with Crippen molar-refractivity contribution >= 4 is 5.78 Å². The summed E-state index contributed by atoms with van der Waals surface area (Å²) in [4.78, 5) is 18.3. The summed E-state index contributed by atoms with van der Waals surface area (Å²) < 4.78 is 13.0.